The average Bonchev–Trinajstić information content (AvgIpc) is 2.96. The van der Waals surface area contributed by atoms with Crippen molar-refractivity contribution in [2.45, 2.75) is 20.0 Å². The van der Waals surface area contributed by atoms with Crippen molar-refractivity contribution in [3.63, 3.8) is 0 Å². The van der Waals surface area contributed by atoms with Crippen LogP contribution in [0.25, 0.3) is 0 Å². The second-order valence-electron chi connectivity index (χ2n) is 4.37. The first-order chi connectivity index (χ1) is 9.17. The van der Waals surface area contributed by atoms with Crippen LogP contribution in [0.2, 0.25) is 0 Å². The molecular formula is C14H16N2O2S. The van der Waals surface area contributed by atoms with Crippen LogP contribution < -0.4 is 0 Å². The van der Waals surface area contributed by atoms with Crippen LogP contribution in [0, 0.1) is 18.8 Å². The number of thiophene rings is 1. The van der Waals surface area contributed by atoms with Gasteiger partial charge in [-0.25, -0.2) is 0 Å². The summed E-state index contributed by atoms with van der Waals surface area (Å²) >= 11 is 1.67. The Balaban J connectivity index is 1.91. The SMILES string of the molecule is Cc1cc(CN(C)Cc2cc(C#CCO)cs2)on1. The first-order valence-electron chi connectivity index (χ1n) is 5.95. The second-order valence-corrected chi connectivity index (χ2v) is 5.36. The third-order valence-corrected chi connectivity index (χ3v) is 3.42. The fourth-order valence-electron chi connectivity index (χ4n) is 1.75. The van der Waals surface area contributed by atoms with Gasteiger partial charge >= 0.3 is 0 Å². The van der Waals surface area contributed by atoms with Crippen LogP contribution >= 0.6 is 11.3 Å². The summed E-state index contributed by atoms with van der Waals surface area (Å²) in [6.07, 6.45) is 0. The minimum atomic E-state index is -0.101. The first-order valence-corrected chi connectivity index (χ1v) is 6.83. The van der Waals surface area contributed by atoms with Crippen LogP contribution in [0.15, 0.2) is 22.0 Å². The predicted octanol–water partition coefficient (Wildman–Crippen LogP) is 2.02. The lowest BCUT2D eigenvalue weighted by Crippen LogP contribution is -2.16. The lowest BCUT2D eigenvalue weighted by atomic mass is 10.3. The topological polar surface area (TPSA) is 49.5 Å². The summed E-state index contributed by atoms with van der Waals surface area (Å²) in [5.74, 6) is 6.43. The summed E-state index contributed by atoms with van der Waals surface area (Å²) in [5, 5.41) is 14.5. The summed E-state index contributed by atoms with van der Waals surface area (Å²) in [6, 6.07) is 4.00. The lowest BCUT2D eigenvalue weighted by molar-refractivity contribution is 0.267. The van der Waals surface area contributed by atoms with Gasteiger partial charge in [0.1, 0.15) is 6.61 Å². The summed E-state index contributed by atoms with van der Waals surface area (Å²) in [4.78, 5) is 3.40. The van der Waals surface area contributed by atoms with Crippen molar-refractivity contribution in [2.75, 3.05) is 13.7 Å². The third-order valence-electron chi connectivity index (χ3n) is 2.49. The molecule has 0 unspecified atom stereocenters. The Kier molecular flexibility index (Phi) is 4.74. The third kappa shape index (κ3) is 4.21. The van der Waals surface area contributed by atoms with Crippen LogP contribution in [0.5, 0.6) is 0 Å². The number of aliphatic hydroxyl groups is 1. The summed E-state index contributed by atoms with van der Waals surface area (Å²) < 4.78 is 5.19. The van der Waals surface area contributed by atoms with Gasteiger partial charge in [0.05, 0.1) is 12.2 Å². The number of aromatic nitrogens is 1. The van der Waals surface area contributed by atoms with Gasteiger partial charge in [0.15, 0.2) is 5.76 Å². The molecule has 1 N–H and O–H groups in total. The maximum atomic E-state index is 8.65. The van der Waals surface area contributed by atoms with Crippen molar-refractivity contribution in [3.05, 3.63) is 39.4 Å². The fourth-order valence-corrected chi connectivity index (χ4v) is 2.64. The fraction of sp³-hybridized carbons (Fsp3) is 0.357. The number of nitrogens with zero attached hydrogens (tertiary/aromatic N) is 2. The number of aliphatic hydroxyl groups excluding tert-OH is 1. The molecule has 0 atom stereocenters. The highest BCUT2D eigenvalue weighted by atomic mass is 32.1. The molecule has 100 valence electrons. The normalized spacial score (nSPS) is 10.5. The van der Waals surface area contributed by atoms with E-state index in [1.165, 1.54) is 4.88 Å². The molecular weight excluding hydrogens is 260 g/mol. The molecule has 0 fully saturated rings. The molecule has 0 bridgehead atoms. The molecule has 0 saturated carbocycles. The van der Waals surface area contributed by atoms with E-state index >= 15 is 0 Å². The Labute approximate surface area is 116 Å². The van der Waals surface area contributed by atoms with Gasteiger partial charge < -0.3 is 9.63 Å². The maximum Gasteiger partial charge on any atom is 0.150 e. The van der Waals surface area contributed by atoms with E-state index in [0.717, 1.165) is 30.1 Å². The zero-order valence-corrected chi connectivity index (χ0v) is 11.8. The lowest BCUT2D eigenvalue weighted by Gasteiger charge is -2.12. The van der Waals surface area contributed by atoms with E-state index < -0.39 is 0 Å². The van der Waals surface area contributed by atoms with Gasteiger partial charge in [-0.15, -0.1) is 11.3 Å². The van der Waals surface area contributed by atoms with Crippen LogP contribution in [0.3, 0.4) is 0 Å². The van der Waals surface area contributed by atoms with Gasteiger partial charge in [-0.2, -0.15) is 0 Å². The van der Waals surface area contributed by atoms with Crippen molar-refractivity contribution in [1.82, 2.24) is 10.1 Å². The van der Waals surface area contributed by atoms with Crippen LogP contribution in [0.4, 0.5) is 0 Å². The van der Waals surface area contributed by atoms with E-state index in [1.54, 1.807) is 11.3 Å². The number of rotatable bonds is 4. The van der Waals surface area contributed by atoms with Crippen molar-refractivity contribution in [1.29, 1.82) is 0 Å². The van der Waals surface area contributed by atoms with Gasteiger partial charge in [0.2, 0.25) is 0 Å². The van der Waals surface area contributed by atoms with E-state index in [-0.39, 0.29) is 6.61 Å². The summed E-state index contributed by atoms with van der Waals surface area (Å²) in [6.45, 7) is 3.38. The Morgan fingerprint density at radius 2 is 2.26 bits per heavy atom. The van der Waals surface area contributed by atoms with Gasteiger partial charge in [0.25, 0.3) is 0 Å². The molecule has 0 radical (unpaired) electrons. The summed E-state index contributed by atoms with van der Waals surface area (Å²) in [7, 11) is 2.04. The van der Waals surface area contributed by atoms with E-state index in [1.807, 2.05) is 25.4 Å². The van der Waals surface area contributed by atoms with E-state index in [2.05, 4.69) is 28.0 Å². The van der Waals surface area contributed by atoms with E-state index in [9.17, 15) is 0 Å². The zero-order valence-electron chi connectivity index (χ0n) is 11.0. The van der Waals surface area contributed by atoms with Gasteiger partial charge in [-0.1, -0.05) is 17.0 Å². The van der Waals surface area contributed by atoms with Crippen molar-refractivity contribution in [3.8, 4) is 11.8 Å². The maximum absolute atomic E-state index is 8.65. The highest BCUT2D eigenvalue weighted by Crippen LogP contribution is 2.17. The van der Waals surface area contributed by atoms with Crippen molar-refractivity contribution >= 4 is 11.3 Å². The van der Waals surface area contributed by atoms with E-state index in [0.29, 0.717) is 0 Å². The quantitative estimate of drug-likeness (QED) is 0.868. The van der Waals surface area contributed by atoms with Crippen molar-refractivity contribution in [2.24, 2.45) is 0 Å². The Morgan fingerprint density at radius 1 is 1.42 bits per heavy atom. The Hall–Kier alpha value is -1.61. The zero-order chi connectivity index (χ0) is 13.7. The molecule has 2 aromatic heterocycles. The highest BCUT2D eigenvalue weighted by Gasteiger charge is 2.07. The van der Waals surface area contributed by atoms with Gasteiger partial charge in [-0.3, -0.25) is 4.90 Å². The molecule has 0 aliphatic rings. The molecule has 0 spiro atoms. The van der Waals surface area contributed by atoms with E-state index in [4.69, 9.17) is 9.63 Å². The minimum Gasteiger partial charge on any atom is -0.384 e. The summed E-state index contributed by atoms with van der Waals surface area (Å²) in [5.41, 5.74) is 1.86. The van der Waals surface area contributed by atoms with Crippen LogP contribution in [0.1, 0.15) is 21.9 Å². The molecule has 0 aliphatic heterocycles. The number of hydrogen-bond donors (Lipinski definition) is 1. The Morgan fingerprint density at radius 3 is 2.95 bits per heavy atom. The average molecular weight is 276 g/mol. The van der Waals surface area contributed by atoms with Gasteiger partial charge in [0, 0.05) is 28.4 Å². The standard InChI is InChI=1S/C14H16N2O2S/c1-11-6-13(18-15-11)8-16(2)9-14-7-12(10-19-14)4-3-5-17/h6-7,10,17H,5,8-9H2,1-2H3. The monoisotopic (exact) mass is 276 g/mol. The molecule has 5 heteroatoms. The molecule has 2 heterocycles. The molecule has 4 nitrogen and oxygen atoms in total. The number of hydrogen-bond acceptors (Lipinski definition) is 5. The molecule has 2 aromatic rings. The smallest absolute Gasteiger partial charge is 0.150 e. The molecule has 0 aromatic carbocycles. The molecule has 0 amide bonds. The molecule has 0 aliphatic carbocycles. The van der Waals surface area contributed by atoms with Crippen LogP contribution in [-0.4, -0.2) is 28.8 Å². The van der Waals surface area contributed by atoms with Crippen molar-refractivity contribution < 1.29 is 9.63 Å². The largest absolute Gasteiger partial charge is 0.384 e. The van der Waals surface area contributed by atoms with Gasteiger partial charge in [-0.05, 0) is 20.0 Å². The Bertz CT molecular complexity index is 592. The first kappa shape index (κ1) is 13.8. The molecule has 19 heavy (non-hydrogen) atoms. The highest BCUT2D eigenvalue weighted by molar-refractivity contribution is 7.10. The number of aryl methyl sites for hydroxylation is 1. The predicted molar refractivity (Wildman–Crippen MR) is 74.7 cm³/mol. The van der Waals surface area contributed by atoms with Crippen LogP contribution in [-0.2, 0) is 13.1 Å². The minimum absolute atomic E-state index is 0.101. The molecule has 2 rings (SSSR count). The molecule has 0 saturated heterocycles. The second kappa shape index (κ2) is 6.53.